The normalized spacial score (nSPS) is 10.6. The zero-order valence-electron chi connectivity index (χ0n) is 12.2. The number of nitrogens with two attached hydrogens (primary N) is 1. The number of pyridine rings is 1. The molecule has 0 aliphatic rings. The van der Waals surface area contributed by atoms with Gasteiger partial charge in [-0.1, -0.05) is 18.2 Å². The van der Waals surface area contributed by atoms with Crippen molar-refractivity contribution in [3.05, 3.63) is 60.3 Å². The summed E-state index contributed by atoms with van der Waals surface area (Å²) >= 11 is 0. The number of rotatable bonds is 3. The number of carbonyl (C=O) groups excluding carboxylic acids is 1. The van der Waals surface area contributed by atoms with Crippen molar-refractivity contribution in [3.63, 3.8) is 0 Å². The largest absolute Gasteiger partial charge is 0.462 e. The van der Waals surface area contributed by atoms with Crippen molar-refractivity contribution >= 4 is 22.6 Å². The Balaban J connectivity index is 2.04. The monoisotopic (exact) mass is 292 g/mol. The van der Waals surface area contributed by atoms with Crippen LogP contribution in [0.2, 0.25) is 0 Å². The third-order valence-corrected chi connectivity index (χ3v) is 3.44. The summed E-state index contributed by atoms with van der Waals surface area (Å²) in [4.78, 5) is 16.1. The molecule has 0 unspecified atom stereocenters. The van der Waals surface area contributed by atoms with E-state index in [4.69, 9.17) is 10.5 Å². The van der Waals surface area contributed by atoms with Crippen molar-refractivity contribution in [3.8, 4) is 11.1 Å². The summed E-state index contributed by atoms with van der Waals surface area (Å²) in [5, 5.41) is 0.903. The minimum atomic E-state index is -0.352. The molecule has 2 aromatic carbocycles. The van der Waals surface area contributed by atoms with Crippen molar-refractivity contribution in [2.45, 2.75) is 6.92 Å². The quantitative estimate of drug-likeness (QED) is 0.591. The molecule has 3 rings (SSSR count). The Kier molecular flexibility index (Phi) is 3.74. The number of benzene rings is 2. The summed E-state index contributed by atoms with van der Waals surface area (Å²) in [6.07, 6.45) is 1.54. The van der Waals surface area contributed by atoms with Gasteiger partial charge in [0.25, 0.3) is 0 Å². The average molecular weight is 292 g/mol. The molecule has 3 aromatic rings. The van der Waals surface area contributed by atoms with Gasteiger partial charge in [-0.05, 0) is 48.4 Å². The van der Waals surface area contributed by atoms with E-state index in [1.54, 1.807) is 19.2 Å². The zero-order valence-corrected chi connectivity index (χ0v) is 12.2. The molecule has 4 nitrogen and oxygen atoms in total. The molecule has 0 atom stereocenters. The van der Waals surface area contributed by atoms with Crippen LogP contribution >= 0.6 is 0 Å². The van der Waals surface area contributed by atoms with Crippen LogP contribution in [0.3, 0.4) is 0 Å². The van der Waals surface area contributed by atoms with E-state index in [1.165, 1.54) is 0 Å². The zero-order chi connectivity index (χ0) is 15.5. The van der Waals surface area contributed by atoms with E-state index >= 15 is 0 Å². The number of anilines is 1. The molecule has 0 bridgehead atoms. The van der Waals surface area contributed by atoms with Crippen LogP contribution in [0.1, 0.15) is 17.3 Å². The van der Waals surface area contributed by atoms with Crippen LogP contribution in [0, 0.1) is 0 Å². The summed E-state index contributed by atoms with van der Waals surface area (Å²) in [5.41, 5.74) is 9.87. The molecule has 0 radical (unpaired) electrons. The van der Waals surface area contributed by atoms with Crippen molar-refractivity contribution in [2.24, 2.45) is 0 Å². The first-order valence-corrected chi connectivity index (χ1v) is 7.10. The molecule has 1 heterocycles. The second kappa shape index (κ2) is 5.85. The third-order valence-electron chi connectivity index (χ3n) is 3.44. The summed E-state index contributed by atoms with van der Waals surface area (Å²) in [5.74, 6) is -0.352. The smallest absolute Gasteiger partial charge is 0.339 e. The van der Waals surface area contributed by atoms with Gasteiger partial charge < -0.3 is 10.5 Å². The fraction of sp³-hybridized carbons (Fsp3) is 0.111. The number of nitrogen functional groups attached to an aromatic ring is 1. The highest BCUT2D eigenvalue weighted by atomic mass is 16.5. The number of aromatic nitrogens is 1. The van der Waals surface area contributed by atoms with Gasteiger partial charge in [-0.2, -0.15) is 0 Å². The number of carbonyl (C=O) groups is 1. The Hall–Kier alpha value is -2.88. The number of nitrogens with zero attached hydrogens (tertiary/aromatic N) is 1. The van der Waals surface area contributed by atoms with Crippen molar-refractivity contribution in [1.82, 2.24) is 4.98 Å². The number of hydrogen-bond donors (Lipinski definition) is 1. The third kappa shape index (κ3) is 2.76. The standard InChI is InChI=1S/C18H16N2O2/c1-2-22-18(21)15-10-14-9-13(5-8-17(14)20-11-15)12-3-6-16(19)7-4-12/h3-11H,2,19H2,1H3. The summed E-state index contributed by atoms with van der Waals surface area (Å²) < 4.78 is 5.01. The Morgan fingerprint density at radius 1 is 1.09 bits per heavy atom. The van der Waals surface area contributed by atoms with Gasteiger partial charge in [-0.3, -0.25) is 4.98 Å². The lowest BCUT2D eigenvalue weighted by atomic mass is 10.0. The molecule has 22 heavy (non-hydrogen) atoms. The first-order valence-electron chi connectivity index (χ1n) is 7.10. The second-order valence-corrected chi connectivity index (χ2v) is 4.97. The van der Waals surface area contributed by atoms with Crippen LogP contribution in [0.4, 0.5) is 5.69 Å². The lowest BCUT2D eigenvalue weighted by Crippen LogP contribution is -2.04. The van der Waals surface area contributed by atoms with Crippen LogP contribution in [0.25, 0.3) is 22.0 Å². The number of ether oxygens (including phenoxy) is 1. The molecule has 2 N–H and O–H groups in total. The molecule has 1 aromatic heterocycles. The number of fused-ring (bicyclic) bond motifs is 1. The Morgan fingerprint density at radius 3 is 2.55 bits per heavy atom. The van der Waals surface area contributed by atoms with Gasteiger partial charge in [-0.25, -0.2) is 4.79 Å². The van der Waals surface area contributed by atoms with Crippen LogP contribution in [-0.2, 0) is 4.74 Å². The fourth-order valence-corrected chi connectivity index (χ4v) is 2.31. The maximum absolute atomic E-state index is 11.8. The van der Waals surface area contributed by atoms with Gasteiger partial charge in [0.15, 0.2) is 0 Å². The molecule has 0 spiro atoms. The molecule has 4 heteroatoms. The van der Waals surface area contributed by atoms with E-state index in [2.05, 4.69) is 4.98 Å². The number of hydrogen-bond acceptors (Lipinski definition) is 4. The first kappa shape index (κ1) is 14.1. The summed E-state index contributed by atoms with van der Waals surface area (Å²) in [7, 11) is 0. The van der Waals surface area contributed by atoms with Gasteiger partial charge in [0.2, 0.25) is 0 Å². The predicted molar refractivity (Wildman–Crippen MR) is 87.5 cm³/mol. The minimum Gasteiger partial charge on any atom is -0.462 e. The van der Waals surface area contributed by atoms with Gasteiger partial charge in [-0.15, -0.1) is 0 Å². The van der Waals surface area contributed by atoms with Gasteiger partial charge in [0.05, 0.1) is 17.7 Å². The lowest BCUT2D eigenvalue weighted by molar-refractivity contribution is 0.0526. The van der Waals surface area contributed by atoms with E-state index < -0.39 is 0 Å². The molecule has 0 saturated heterocycles. The molecule has 0 amide bonds. The van der Waals surface area contributed by atoms with Gasteiger partial charge in [0, 0.05) is 17.3 Å². The van der Waals surface area contributed by atoms with Crippen LogP contribution in [0.5, 0.6) is 0 Å². The van der Waals surface area contributed by atoms with Crippen molar-refractivity contribution in [2.75, 3.05) is 12.3 Å². The summed E-state index contributed by atoms with van der Waals surface area (Å²) in [6, 6.07) is 15.4. The Bertz CT molecular complexity index is 826. The Morgan fingerprint density at radius 2 is 1.82 bits per heavy atom. The topological polar surface area (TPSA) is 65.2 Å². The fourth-order valence-electron chi connectivity index (χ4n) is 2.31. The lowest BCUT2D eigenvalue weighted by Gasteiger charge is -2.06. The van der Waals surface area contributed by atoms with Crippen LogP contribution < -0.4 is 5.73 Å². The molecule has 0 saturated carbocycles. The highest BCUT2D eigenvalue weighted by Gasteiger charge is 2.08. The average Bonchev–Trinajstić information content (AvgIpc) is 2.55. The van der Waals surface area contributed by atoms with Gasteiger partial charge >= 0.3 is 5.97 Å². The SMILES string of the molecule is CCOC(=O)c1cnc2ccc(-c3ccc(N)cc3)cc2c1. The second-order valence-electron chi connectivity index (χ2n) is 4.97. The van der Waals surface area contributed by atoms with Crippen molar-refractivity contribution in [1.29, 1.82) is 0 Å². The van der Waals surface area contributed by atoms with E-state index in [0.717, 1.165) is 27.7 Å². The maximum atomic E-state index is 11.8. The molecule has 110 valence electrons. The molecule has 0 aliphatic carbocycles. The summed E-state index contributed by atoms with van der Waals surface area (Å²) in [6.45, 7) is 2.13. The highest BCUT2D eigenvalue weighted by Crippen LogP contribution is 2.25. The van der Waals surface area contributed by atoms with Gasteiger partial charge in [0.1, 0.15) is 0 Å². The van der Waals surface area contributed by atoms with Crippen molar-refractivity contribution < 1.29 is 9.53 Å². The maximum Gasteiger partial charge on any atom is 0.339 e. The van der Waals surface area contributed by atoms with E-state index in [-0.39, 0.29) is 5.97 Å². The highest BCUT2D eigenvalue weighted by molar-refractivity contribution is 5.94. The van der Waals surface area contributed by atoms with Crippen LogP contribution in [0.15, 0.2) is 54.7 Å². The molecule has 0 aliphatic heterocycles. The van der Waals surface area contributed by atoms with E-state index in [1.807, 2.05) is 42.5 Å². The Labute approximate surface area is 128 Å². The van der Waals surface area contributed by atoms with E-state index in [0.29, 0.717) is 12.2 Å². The predicted octanol–water partition coefficient (Wildman–Crippen LogP) is 3.66. The molecule has 0 fully saturated rings. The molecular weight excluding hydrogens is 276 g/mol. The minimum absolute atomic E-state index is 0.350. The molecular formula is C18H16N2O2. The first-order chi connectivity index (χ1) is 10.7. The number of esters is 1. The van der Waals surface area contributed by atoms with E-state index in [9.17, 15) is 4.79 Å². The van der Waals surface area contributed by atoms with Crippen LogP contribution in [-0.4, -0.2) is 17.6 Å².